The average Bonchev–Trinajstić information content (AvgIpc) is 2.18. The number of ether oxygens (including phenoxy) is 1. The molecule has 1 N–H and O–H groups in total. The lowest BCUT2D eigenvalue weighted by molar-refractivity contribution is -0.321. The number of halogens is 6. The topological polar surface area (TPSA) is 21.3 Å². The number of alkyl halides is 6. The second kappa shape index (κ2) is 7.18. The van der Waals surface area contributed by atoms with Gasteiger partial charge in [-0.2, -0.15) is 26.3 Å². The van der Waals surface area contributed by atoms with Crippen LogP contribution in [0.5, 0.6) is 0 Å². The molecule has 0 aliphatic carbocycles. The zero-order valence-electron chi connectivity index (χ0n) is 10.2. The lowest BCUT2D eigenvalue weighted by atomic mass is 10.1. The highest BCUT2D eigenvalue weighted by Gasteiger charge is 2.57. The summed E-state index contributed by atoms with van der Waals surface area (Å²) in [4.78, 5) is 0. The van der Waals surface area contributed by atoms with Crippen molar-refractivity contribution in [1.29, 1.82) is 0 Å². The van der Waals surface area contributed by atoms with Crippen molar-refractivity contribution in [3.05, 3.63) is 0 Å². The maximum atomic E-state index is 12.1. The van der Waals surface area contributed by atoms with Crippen molar-refractivity contribution in [2.24, 2.45) is 0 Å². The molecule has 0 saturated heterocycles. The molecule has 0 amide bonds. The summed E-state index contributed by atoms with van der Waals surface area (Å²) >= 11 is 0. The van der Waals surface area contributed by atoms with Crippen molar-refractivity contribution in [1.82, 2.24) is 5.32 Å². The van der Waals surface area contributed by atoms with E-state index in [0.717, 1.165) is 0 Å². The number of hydrogen-bond donors (Lipinski definition) is 1. The van der Waals surface area contributed by atoms with Gasteiger partial charge in [0.2, 0.25) is 6.10 Å². The van der Waals surface area contributed by atoms with Crippen molar-refractivity contribution in [2.75, 3.05) is 13.7 Å². The van der Waals surface area contributed by atoms with Gasteiger partial charge in [-0.15, -0.1) is 0 Å². The van der Waals surface area contributed by atoms with Crippen molar-refractivity contribution in [3.63, 3.8) is 0 Å². The minimum absolute atomic E-state index is 0.161. The summed E-state index contributed by atoms with van der Waals surface area (Å²) in [5.74, 6) is 0. The summed E-state index contributed by atoms with van der Waals surface area (Å²) in [5, 5.41) is 2.91. The van der Waals surface area contributed by atoms with E-state index in [2.05, 4.69) is 10.1 Å². The number of unbranched alkanes of at least 4 members (excludes halogenated alkanes) is 1. The fraction of sp³-hybridized carbons (Fsp3) is 1.00. The molecular weight excluding hydrogens is 264 g/mol. The quantitative estimate of drug-likeness (QED) is 0.571. The summed E-state index contributed by atoms with van der Waals surface area (Å²) < 4.78 is 76.2. The highest BCUT2D eigenvalue weighted by atomic mass is 19.4. The molecule has 0 aliphatic rings. The Kier molecular flexibility index (Phi) is 6.98. The molecule has 8 heteroatoms. The largest absolute Gasteiger partial charge is 0.423 e. The molecule has 0 saturated carbocycles. The molecule has 0 aromatic rings. The van der Waals surface area contributed by atoms with Gasteiger partial charge in [0.15, 0.2) is 0 Å². The van der Waals surface area contributed by atoms with Gasteiger partial charge in [0.1, 0.15) is 0 Å². The second-order valence-electron chi connectivity index (χ2n) is 4.02. The molecule has 0 radical (unpaired) electrons. The van der Waals surface area contributed by atoms with Crippen LogP contribution in [0.3, 0.4) is 0 Å². The van der Waals surface area contributed by atoms with Crippen LogP contribution in [0.1, 0.15) is 26.2 Å². The SMILES string of the molecule is CNC(C)CCCCOC(C(F)(F)F)C(F)(F)F. The molecule has 0 aromatic heterocycles. The highest BCUT2D eigenvalue weighted by molar-refractivity contribution is 4.75. The fourth-order valence-corrected chi connectivity index (χ4v) is 1.27. The summed E-state index contributed by atoms with van der Waals surface area (Å²) in [5.41, 5.74) is 0. The van der Waals surface area contributed by atoms with E-state index in [9.17, 15) is 26.3 Å². The van der Waals surface area contributed by atoms with Gasteiger partial charge in [0.05, 0.1) is 0 Å². The van der Waals surface area contributed by atoms with E-state index < -0.39 is 25.1 Å². The molecule has 1 unspecified atom stereocenters. The Hall–Kier alpha value is -0.500. The van der Waals surface area contributed by atoms with Gasteiger partial charge in [-0.05, 0) is 33.2 Å². The molecule has 0 aliphatic heterocycles. The fourth-order valence-electron chi connectivity index (χ4n) is 1.27. The zero-order chi connectivity index (χ0) is 14.4. The van der Waals surface area contributed by atoms with Gasteiger partial charge in [-0.25, -0.2) is 0 Å². The first-order valence-corrected chi connectivity index (χ1v) is 5.51. The molecule has 0 bridgehead atoms. The van der Waals surface area contributed by atoms with Crippen LogP contribution < -0.4 is 5.32 Å². The van der Waals surface area contributed by atoms with Gasteiger partial charge in [0.25, 0.3) is 0 Å². The average molecular weight is 281 g/mol. The smallest absolute Gasteiger partial charge is 0.361 e. The van der Waals surface area contributed by atoms with Gasteiger partial charge >= 0.3 is 12.4 Å². The van der Waals surface area contributed by atoms with Gasteiger partial charge in [-0.3, -0.25) is 0 Å². The lowest BCUT2D eigenvalue weighted by Crippen LogP contribution is -2.44. The Labute approximate surface area is 102 Å². The predicted molar refractivity (Wildman–Crippen MR) is 54.2 cm³/mol. The van der Waals surface area contributed by atoms with Crippen molar-refractivity contribution in [3.8, 4) is 0 Å². The molecule has 0 aromatic carbocycles. The summed E-state index contributed by atoms with van der Waals surface area (Å²) in [6.07, 6.45) is -13.2. The van der Waals surface area contributed by atoms with Crippen LogP contribution in [0.2, 0.25) is 0 Å². The summed E-state index contributed by atoms with van der Waals surface area (Å²) in [6, 6.07) is 0.172. The second-order valence-corrected chi connectivity index (χ2v) is 4.02. The third-order valence-corrected chi connectivity index (χ3v) is 2.40. The monoisotopic (exact) mass is 281 g/mol. The first-order chi connectivity index (χ1) is 8.09. The third-order valence-electron chi connectivity index (χ3n) is 2.40. The van der Waals surface area contributed by atoms with E-state index in [1.807, 2.05) is 6.92 Å². The third kappa shape index (κ3) is 7.05. The van der Waals surface area contributed by atoms with E-state index in [1.54, 1.807) is 7.05 Å². The summed E-state index contributed by atoms with van der Waals surface area (Å²) in [7, 11) is 1.73. The van der Waals surface area contributed by atoms with Crippen molar-refractivity contribution in [2.45, 2.75) is 50.7 Å². The van der Waals surface area contributed by atoms with E-state index >= 15 is 0 Å². The normalized spacial score (nSPS) is 15.2. The van der Waals surface area contributed by atoms with Crippen molar-refractivity contribution >= 4 is 0 Å². The Morgan fingerprint density at radius 3 is 1.89 bits per heavy atom. The van der Waals surface area contributed by atoms with Gasteiger partial charge in [-0.1, -0.05) is 0 Å². The Morgan fingerprint density at radius 1 is 1.00 bits per heavy atom. The van der Waals surface area contributed by atoms with E-state index in [-0.39, 0.29) is 12.5 Å². The molecular formula is C10H17F6NO. The molecule has 18 heavy (non-hydrogen) atoms. The van der Waals surface area contributed by atoms with Crippen LogP contribution >= 0.6 is 0 Å². The van der Waals surface area contributed by atoms with E-state index in [4.69, 9.17) is 0 Å². The number of hydrogen-bond acceptors (Lipinski definition) is 2. The molecule has 0 rings (SSSR count). The Bertz CT molecular complexity index is 213. The maximum absolute atomic E-state index is 12.1. The minimum atomic E-state index is -5.42. The zero-order valence-corrected chi connectivity index (χ0v) is 10.2. The minimum Gasteiger partial charge on any atom is -0.361 e. The number of rotatable bonds is 7. The Morgan fingerprint density at radius 2 is 1.50 bits per heavy atom. The van der Waals surface area contributed by atoms with Crippen LogP contribution in [0.4, 0.5) is 26.3 Å². The molecule has 2 nitrogen and oxygen atoms in total. The van der Waals surface area contributed by atoms with E-state index in [0.29, 0.717) is 12.8 Å². The maximum Gasteiger partial charge on any atom is 0.423 e. The number of nitrogens with one attached hydrogen (secondary N) is 1. The standard InChI is InChI=1S/C10H17F6NO/c1-7(17-2)5-3-4-6-18-8(9(11,12)13)10(14,15)16/h7-8,17H,3-6H2,1-2H3. The van der Waals surface area contributed by atoms with Crippen LogP contribution in [0.25, 0.3) is 0 Å². The van der Waals surface area contributed by atoms with Gasteiger partial charge in [0, 0.05) is 12.6 Å². The van der Waals surface area contributed by atoms with Crippen LogP contribution in [0, 0.1) is 0 Å². The summed E-state index contributed by atoms with van der Waals surface area (Å²) in [6.45, 7) is 1.31. The van der Waals surface area contributed by atoms with Crippen LogP contribution in [-0.2, 0) is 4.74 Å². The van der Waals surface area contributed by atoms with E-state index in [1.165, 1.54) is 0 Å². The molecule has 0 spiro atoms. The highest BCUT2D eigenvalue weighted by Crippen LogP contribution is 2.35. The lowest BCUT2D eigenvalue weighted by Gasteiger charge is -2.23. The first-order valence-electron chi connectivity index (χ1n) is 5.51. The molecule has 110 valence electrons. The van der Waals surface area contributed by atoms with Gasteiger partial charge < -0.3 is 10.1 Å². The van der Waals surface area contributed by atoms with Crippen LogP contribution in [0.15, 0.2) is 0 Å². The molecule has 1 atom stereocenters. The predicted octanol–water partition coefficient (Wildman–Crippen LogP) is 3.27. The Balaban J connectivity index is 4.00. The first kappa shape index (κ1) is 17.5. The molecule has 0 heterocycles. The van der Waals surface area contributed by atoms with Crippen LogP contribution in [-0.4, -0.2) is 38.2 Å². The molecule has 0 fully saturated rings. The van der Waals surface area contributed by atoms with Crippen molar-refractivity contribution < 1.29 is 31.1 Å².